The highest BCUT2D eigenvalue weighted by atomic mass is 16.6. The SMILES string of the molecule is C=C1C(=O)O[C@@H]2C[C@@]3(C)CCCC4(CC4)[C@@H]3C[C@H]12. The third-order valence-corrected chi connectivity index (χ3v) is 6.47. The summed E-state index contributed by atoms with van der Waals surface area (Å²) in [6.45, 7) is 6.42. The lowest BCUT2D eigenvalue weighted by molar-refractivity contribution is -0.144. The molecule has 0 aromatic heterocycles. The molecule has 3 aliphatic carbocycles. The van der Waals surface area contributed by atoms with Crippen LogP contribution in [0.5, 0.6) is 0 Å². The van der Waals surface area contributed by atoms with Gasteiger partial charge in [-0.3, -0.25) is 0 Å². The van der Waals surface area contributed by atoms with Gasteiger partial charge in [0.05, 0.1) is 0 Å². The molecular weight excluding hydrogens is 224 g/mol. The highest BCUT2D eigenvalue weighted by Crippen LogP contribution is 2.69. The minimum absolute atomic E-state index is 0.128. The predicted molar refractivity (Wildman–Crippen MR) is 68.9 cm³/mol. The van der Waals surface area contributed by atoms with E-state index in [-0.39, 0.29) is 12.1 Å². The first-order chi connectivity index (χ1) is 8.54. The van der Waals surface area contributed by atoms with E-state index in [0.29, 0.717) is 16.7 Å². The summed E-state index contributed by atoms with van der Waals surface area (Å²) in [7, 11) is 0. The van der Waals surface area contributed by atoms with Crippen molar-refractivity contribution in [3.05, 3.63) is 12.2 Å². The molecule has 1 aliphatic heterocycles. The number of hydrogen-bond acceptors (Lipinski definition) is 2. The van der Waals surface area contributed by atoms with Crippen molar-refractivity contribution in [3.8, 4) is 0 Å². The summed E-state index contributed by atoms with van der Waals surface area (Å²) in [5.74, 6) is 1.01. The smallest absolute Gasteiger partial charge is 0.334 e. The first kappa shape index (κ1) is 11.1. The number of hydrogen-bond donors (Lipinski definition) is 0. The molecular formula is C16H22O2. The van der Waals surface area contributed by atoms with Crippen molar-refractivity contribution >= 4 is 5.97 Å². The van der Waals surface area contributed by atoms with E-state index in [9.17, 15) is 4.79 Å². The average Bonchev–Trinajstić information content (AvgIpc) is 3.02. The molecule has 0 amide bonds. The molecule has 18 heavy (non-hydrogen) atoms. The average molecular weight is 246 g/mol. The highest BCUT2D eigenvalue weighted by Gasteiger charge is 2.62. The highest BCUT2D eigenvalue weighted by molar-refractivity contribution is 5.90. The van der Waals surface area contributed by atoms with Gasteiger partial charge in [0.2, 0.25) is 0 Å². The summed E-state index contributed by atoms with van der Waals surface area (Å²) in [4.78, 5) is 11.7. The fourth-order valence-corrected chi connectivity index (χ4v) is 5.33. The Morgan fingerprint density at radius 1 is 1.28 bits per heavy atom. The normalized spacial score (nSPS) is 48.6. The molecule has 98 valence electrons. The summed E-state index contributed by atoms with van der Waals surface area (Å²) >= 11 is 0. The summed E-state index contributed by atoms with van der Waals surface area (Å²) in [6.07, 6.45) is 9.34. The zero-order valence-corrected chi connectivity index (χ0v) is 11.2. The van der Waals surface area contributed by atoms with E-state index in [4.69, 9.17) is 4.74 Å². The van der Waals surface area contributed by atoms with Crippen LogP contribution in [0.4, 0.5) is 0 Å². The van der Waals surface area contributed by atoms with Crippen molar-refractivity contribution in [3.63, 3.8) is 0 Å². The summed E-state index contributed by atoms with van der Waals surface area (Å²) < 4.78 is 5.54. The Morgan fingerprint density at radius 3 is 2.78 bits per heavy atom. The number of ether oxygens (including phenoxy) is 1. The van der Waals surface area contributed by atoms with E-state index in [1.807, 2.05) is 0 Å². The Bertz CT molecular complexity index is 434. The molecule has 2 heteroatoms. The monoisotopic (exact) mass is 246 g/mol. The zero-order valence-electron chi connectivity index (χ0n) is 11.2. The van der Waals surface area contributed by atoms with E-state index in [1.54, 1.807) is 0 Å². The van der Waals surface area contributed by atoms with Gasteiger partial charge in [0.15, 0.2) is 0 Å². The molecule has 1 spiro atoms. The molecule has 4 atom stereocenters. The van der Waals surface area contributed by atoms with Gasteiger partial charge in [-0.15, -0.1) is 0 Å². The van der Waals surface area contributed by atoms with Crippen molar-refractivity contribution in [1.29, 1.82) is 0 Å². The van der Waals surface area contributed by atoms with E-state index in [0.717, 1.165) is 24.3 Å². The van der Waals surface area contributed by atoms with Crippen LogP contribution in [0, 0.1) is 22.7 Å². The number of carbonyl (C=O) groups excluding carboxylic acids is 1. The first-order valence-corrected chi connectivity index (χ1v) is 7.44. The second kappa shape index (κ2) is 3.20. The minimum atomic E-state index is -0.128. The van der Waals surface area contributed by atoms with E-state index in [2.05, 4.69) is 13.5 Å². The topological polar surface area (TPSA) is 26.3 Å². The predicted octanol–water partition coefficient (Wildman–Crippen LogP) is 3.46. The van der Waals surface area contributed by atoms with Crippen LogP contribution < -0.4 is 0 Å². The molecule has 0 bridgehead atoms. The number of rotatable bonds is 0. The number of carbonyl (C=O) groups is 1. The molecule has 0 unspecified atom stereocenters. The maximum atomic E-state index is 11.7. The van der Waals surface area contributed by atoms with Crippen LogP contribution >= 0.6 is 0 Å². The van der Waals surface area contributed by atoms with E-state index >= 15 is 0 Å². The number of esters is 1. The van der Waals surface area contributed by atoms with Gasteiger partial charge in [0.25, 0.3) is 0 Å². The van der Waals surface area contributed by atoms with Gasteiger partial charge in [0.1, 0.15) is 6.10 Å². The Hall–Kier alpha value is -0.790. The maximum absolute atomic E-state index is 11.7. The van der Waals surface area contributed by atoms with Crippen molar-refractivity contribution in [2.24, 2.45) is 22.7 Å². The molecule has 4 fully saturated rings. The second-order valence-electron chi connectivity index (χ2n) is 7.44. The maximum Gasteiger partial charge on any atom is 0.334 e. The Labute approximate surface area is 109 Å². The fraction of sp³-hybridized carbons (Fsp3) is 0.812. The Kier molecular flexibility index (Phi) is 1.97. The van der Waals surface area contributed by atoms with Gasteiger partial charge in [-0.05, 0) is 55.3 Å². The lowest BCUT2D eigenvalue weighted by Crippen LogP contribution is -2.47. The number of fused-ring (bicyclic) bond motifs is 3. The van der Waals surface area contributed by atoms with Gasteiger partial charge in [-0.2, -0.15) is 0 Å². The van der Waals surface area contributed by atoms with Crippen LogP contribution in [-0.2, 0) is 9.53 Å². The van der Waals surface area contributed by atoms with Gasteiger partial charge in [-0.1, -0.05) is 19.9 Å². The van der Waals surface area contributed by atoms with Gasteiger partial charge < -0.3 is 4.74 Å². The largest absolute Gasteiger partial charge is 0.458 e. The van der Waals surface area contributed by atoms with Crippen LogP contribution in [0.1, 0.15) is 51.9 Å². The van der Waals surface area contributed by atoms with Crippen LogP contribution in [0.2, 0.25) is 0 Å². The fourth-order valence-electron chi connectivity index (χ4n) is 5.33. The summed E-state index contributed by atoms with van der Waals surface area (Å²) in [5, 5.41) is 0. The summed E-state index contributed by atoms with van der Waals surface area (Å²) in [5.41, 5.74) is 1.81. The Morgan fingerprint density at radius 2 is 2.06 bits per heavy atom. The van der Waals surface area contributed by atoms with Crippen LogP contribution in [-0.4, -0.2) is 12.1 Å². The lowest BCUT2D eigenvalue weighted by atomic mass is 9.52. The second-order valence-corrected chi connectivity index (χ2v) is 7.44. The quantitative estimate of drug-likeness (QED) is 0.483. The van der Waals surface area contributed by atoms with Gasteiger partial charge in [0, 0.05) is 11.5 Å². The molecule has 0 aromatic carbocycles. The molecule has 0 N–H and O–H groups in total. The van der Waals surface area contributed by atoms with Crippen LogP contribution in [0.3, 0.4) is 0 Å². The van der Waals surface area contributed by atoms with Crippen LogP contribution in [0.15, 0.2) is 12.2 Å². The molecule has 3 saturated carbocycles. The molecule has 1 heterocycles. The minimum Gasteiger partial charge on any atom is -0.458 e. The van der Waals surface area contributed by atoms with Crippen molar-refractivity contribution < 1.29 is 9.53 Å². The third kappa shape index (κ3) is 1.27. The van der Waals surface area contributed by atoms with Crippen molar-refractivity contribution in [2.75, 3.05) is 0 Å². The molecule has 1 saturated heterocycles. The molecule has 4 aliphatic rings. The third-order valence-electron chi connectivity index (χ3n) is 6.47. The zero-order chi connectivity index (χ0) is 12.5. The summed E-state index contributed by atoms with van der Waals surface area (Å²) in [6, 6.07) is 0. The first-order valence-electron chi connectivity index (χ1n) is 7.44. The van der Waals surface area contributed by atoms with Crippen LogP contribution in [0.25, 0.3) is 0 Å². The van der Waals surface area contributed by atoms with Gasteiger partial charge in [-0.25, -0.2) is 4.79 Å². The van der Waals surface area contributed by atoms with Crippen molar-refractivity contribution in [2.45, 2.75) is 58.0 Å². The van der Waals surface area contributed by atoms with Crippen molar-refractivity contribution in [1.82, 2.24) is 0 Å². The van der Waals surface area contributed by atoms with Gasteiger partial charge >= 0.3 is 5.97 Å². The molecule has 0 aromatic rings. The van der Waals surface area contributed by atoms with E-state index < -0.39 is 0 Å². The molecule has 4 rings (SSSR count). The van der Waals surface area contributed by atoms with E-state index in [1.165, 1.54) is 32.1 Å². The molecule has 0 radical (unpaired) electrons. The lowest BCUT2D eigenvalue weighted by Gasteiger charge is -2.52. The Balaban J connectivity index is 1.69. The molecule has 2 nitrogen and oxygen atoms in total. The standard InChI is InChI=1S/C16H22O2/c1-10-11-8-13-15(2,9-12(11)18-14(10)17)4-3-5-16(13)6-7-16/h11-13H,1,3-9H2,2H3/t11-,12-,13-,15-/m1/s1.